The molecule has 37 heavy (non-hydrogen) atoms. The van der Waals surface area contributed by atoms with Crippen molar-refractivity contribution in [2.45, 2.75) is 72.0 Å². The number of hydrogen-bond donors (Lipinski definition) is 1. The molecule has 2 atom stereocenters. The van der Waals surface area contributed by atoms with E-state index < -0.39 is 6.04 Å². The molecule has 3 aromatic rings. The van der Waals surface area contributed by atoms with Gasteiger partial charge in [-0.1, -0.05) is 87.5 Å². The van der Waals surface area contributed by atoms with E-state index in [1.165, 1.54) is 5.56 Å². The van der Waals surface area contributed by atoms with E-state index in [2.05, 4.69) is 19.2 Å². The quantitative estimate of drug-likeness (QED) is 0.329. The first-order chi connectivity index (χ1) is 17.8. The van der Waals surface area contributed by atoms with Crippen LogP contribution in [-0.4, -0.2) is 35.4 Å². The second-order valence-corrected chi connectivity index (χ2v) is 9.98. The van der Waals surface area contributed by atoms with Crippen LogP contribution >= 0.6 is 0 Å². The Balaban J connectivity index is 1.90. The minimum atomic E-state index is -0.671. The lowest BCUT2D eigenvalue weighted by Crippen LogP contribution is -2.53. The first-order valence-corrected chi connectivity index (χ1v) is 13.2. The van der Waals surface area contributed by atoms with Gasteiger partial charge in [0.2, 0.25) is 5.91 Å². The Morgan fingerprint density at radius 2 is 1.54 bits per heavy atom. The number of nitrogens with one attached hydrogen (secondary N) is 1. The number of carbonyl (C=O) groups excluding carboxylic acids is 2. The standard InChI is InChI=1S/C32H40N2O3/c1-6-25(5)33-32(36)30(20-26-13-8-7-9-14-26)34(21-28-15-11-10-12-24(28)4)31(35)22-37-29-18-16-27(17-19-29)23(2)3/h7-19,23,25,30H,6,20-22H2,1-5H3,(H,33,36)/t25-,30+/m1/s1. The fourth-order valence-electron chi connectivity index (χ4n) is 4.14. The molecule has 196 valence electrons. The minimum Gasteiger partial charge on any atom is -0.484 e. The number of nitrogens with zero attached hydrogens (tertiary/aromatic N) is 1. The lowest BCUT2D eigenvalue weighted by atomic mass is 10.0. The zero-order valence-electron chi connectivity index (χ0n) is 22.7. The van der Waals surface area contributed by atoms with Crippen molar-refractivity contribution in [3.8, 4) is 5.75 Å². The highest BCUT2D eigenvalue weighted by molar-refractivity contribution is 5.88. The minimum absolute atomic E-state index is 0.0110. The second kappa shape index (κ2) is 13.6. The van der Waals surface area contributed by atoms with Crippen LogP contribution in [0.4, 0.5) is 0 Å². The number of ether oxygens (including phenoxy) is 1. The topological polar surface area (TPSA) is 58.6 Å². The Labute approximate surface area is 221 Å². The van der Waals surface area contributed by atoms with Crippen LogP contribution < -0.4 is 10.1 Å². The van der Waals surface area contributed by atoms with Gasteiger partial charge in [-0.05, 0) is 60.6 Å². The summed E-state index contributed by atoms with van der Waals surface area (Å²) in [5.74, 6) is 0.679. The van der Waals surface area contributed by atoms with Crippen molar-refractivity contribution in [2.75, 3.05) is 6.61 Å². The molecule has 0 heterocycles. The van der Waals surface area contributed by atoms with E-state index in [4.69, 9.17) is 4.74 Å². The van der Waals surface area contributed by atoms with Crippen molar-refractivity contribution in [3.63, 3.8) is 0 Å². The Hall–Kier alpha value is -3.60. The number of rotatable bonds is 12. The normalized spacial score (nSPS) is 12.6. The summed E-state index contributed by atoms with van der Waals surface area (Å²) in [4.78, 5) is 29.0. The molecule has 0 aromatic heterocycles. The molecule has 0 saturated carbocycles. The van der Waals surface area contributed by atoms with E-state index in [0.29, 0.717) is 24.6 Å². The molecule has 0 aliphatic carbocycles. The summed E-state index contributed by atoms with van der Waals surface area (Å²) in [5.41, 5.74) is 4.29. The molecule has 2 amide bonds. The van der Waals surface area contributed by atoms with Crippen LogP contribution in [0.3, 0.4) is 0 Å². The highest BCUT2D eigenvalue weighted by Gasteiger charge is 2.31. The third-order valence-corrected chi connectivity index (χ3v) is 6.78. The van der Waals surface area contributed by atoms with E-state index >= 15 is 0 Å². The van der Waals surface area contributed by atoms with Crippen LogP contribution in [-0.2, 0) is 22.6 Å². The van der Waals surface area contributed by atoms with Crippen molar-refractivity contribution in [1.82, 2.24) is 10.2 Å². The van der Waals surface area contributed by atoms with Crippen molar-refractivity contribution < 1.29 is 14.3 Å². The Morgan fingerprint density at radius 3 is 2.16 bits per heavy atom. The SMILES string of the molecule is CC[C@@H](C)NC(=O)[C@H](Cc1ccccc1)N(Cc1ccccc1C)C(=O)COc1ccc(C(C)C)cc1. The summed E-state index contributed by atoms with van der Waals surface area (Å²) in [6.07, 6.45) is 1.23. The van der Waals surface area contributed by atoms with E-state index in [1.54, 1.807) is 4.90 Å². The van der Waals surface area contributed by atoms with Gasteiger partial charge in [0, 0.05) is 19.0 Å². The van der Waals surface area contributed by atoms with Crippen molar-refractivity contribution in [2.24, 2.45) is 0 Å². The van der Waals surface area contributed by atoms with Gasteiger partial charge in [-0.25, -0.2) is 0 Å². The largest absolute Gasteiger partial charge is 0.484 e. The monoisotopic (exact) mass is 500 g/mol. The molecule has 0 saturated heterocycles. The summed E-state index contributed by atoms with van der Waals surface area (Å²) < 4.78 is 5.91. The number of amides is 2. The zero-order chi connectivity index (χ0) is 26.8. The summed E-state index contributed by atoms with van der Waals surface area (Å²) in [6, 6.07) is 25.0. The molecule has 0 unspecified atom stereocenters. The van der Waals surface area contributed by atoms with Gasteiger partial charge in [0.05, 0.1) is 0 Å². The maximum atomic E-state index is 13.7. The summed E-state index contributed by atoms with van der Waals surface area (Å²) in [7, 11) is 0. The second-order valence-electron chi connectivity index (χ2n) is 9.98. The van der Waals surface area contributed by atoms with Gasteiger partial charge in [-0.15, -0.1) is 0 Å². The molecule has 0 aliphatic rings. The Morgan fingerprint density at radius 1 is 0.892 bits per heavy atom. The molecule has 1 N–H and O–H groups in total. The Kier molecular flexibility index (Phi) is 10.3. The number of benzene rings is 3. The fourth-order valence-corrected chi connectivity index (χ4v) is 4.14. The fraction of sp³-hybridized carbons (Fsp3) is 0.375. The predicted octanol–water partition coefficient (Wildman–Crippen LogP) is 6.05. The van der Waals surface area contributed by atoms with Crippen molar-refractivity contribution in [1.29, 1.82) is 0 Å². The average Bonchev–Trinajstić information content (AvgIpc) is 2.90. The van der Waals surface area contributed by atoms with Crippen LogP contribution in [0.5, 0.6) is 5.75 Å². The van der Waals surface area contributed by atoms with Gasteiger partial charge in [0.15, 0.2) is 6.61 Å². The molecule has 3 aromatic carbocycles. The maximum absolute atomic E-state index is 13.7. The molecule has 5 heteroatoms. The maximum Gasteiger partial charge on any atom is 0.261 e. The van der Waals surface area contributed by atoms with Crippen LogP contribution in [0.1, 0.15) is 62.3 Å². The van der Waals surface area contributed by atoms with Crippen LogP contribution in [0, 0.1) is 6.92 Å². The third kappa shape index (κ3) is 8.21. The lowest BCUT2D eigenvalue weighted by Gasteiger charge is -2.32. The molecular formula is C32H40N2O3. The van der Waals surface area contributed by atoms with Crippen LogP contribution in [0.25, 0.3) is 0 Å². The van der Waals surface area contributed by atoms with E-state index in [-0.39, 0.29) is 24.5 Å². The highest BCUT2D eigenvalue weighted by atomic mass is 16.5. The van der Waals surface area contributed by atoms with Gasteiger partial charge in [-0.2, -0.15) is 0 Å². The van der Waals surface area contributed by atoms with Gasteiger partial charge in [0.25, 0.3) is 5.91 Å². The summed E-state index contributed by atoms with van der Waals surface area (Å²) in [6.45, 7) is 10.5. The lowest BCUT2D eigenvalue weighted by molar-refractivity contribution is -0.143. The Bertz CT molecular complexity index is 1140. The number of carbonyl (C=O) groups is 2. The summed E-state index contributed by atoms with van der Waals surface area (Å²) >= 11 is 0. The molecular weight excluding hydrogens is 460 g/mol. The molecule has 0 radical (unpaired) electrons. The molecule has 0 fully saturated rings. The van der Waals surface area contributed by atoms with Crippen molar-refractivity contribution >= 4 is 11.8 Å². The molecule has 0 spiro atoms. The predicted molar refractivity (Wildman–Crippen MR) is 150 cm³/mol. The highest BCUT2D eigenvalue weighted by Crippen LogP contribution is 2.20. The molecule has 5 nitrogen and oxygen atoms in total. The van der Waals surface area contributed by atoms with E-state index in [1.807, 2.05) is 99.6 Å². The van der Waals surface area contributed by atoms with Gasteiger partial charge in [-0.3, -0.25) is 9.59 Å². The first kappa shape index (κ1) is 28.0. The number of hydrogen-bond acceptors (Lipinski definition) is 3. The molecule has 0 aliphatic heterocycles. The van der Waals surface area contributed by atoms with Gasteiger partial charge >= 0.3 is 0 Å². The summed E-state index contributed by atoms with van der Waals surface area (Å²) in [5, 5.41) is 3.10. The van der Waals surface area contributed by atoms with Crippen molar-refractivity contribution in [3.05, 3.63) is 101 Å². The van der Waals surface area contributed by atoms with E-state index in [0.717, 1.165) is 23.1 Å². The molecule has 0 bridgehead atoms. The number of aryl methyl sites for hydroxylation is 1. The van der Waals surface area contributed by atoms with Crippen LogP contribution in [0.15, 0.2) is 78.9 Å². The smallest absolute Gasteiger partial charge is 0.261 e. The molecule has 3 rings (SSSR count). The van der Waals surface area contributed by atoms with Gasteiger partial charge < -0.3 is 15.0 Å². The average molecular weight is 501 g/mol. The van der Waals surface area contributed by atoms with Crippen LogP contribution in [0.2, 0.25) is 0 Å². The van der Waals surface area contributed by atoms with E-state index in [9.17, 15) is 9.59 Å². The first-order valence-electron chi connectivity index (χ1n) is 13.2. The zero-order valence-corrected chi connectivity index (χ0v) is 22.7. The third-order valence-electron chi connectivity index (χ3n) is 6.78. The van der Waals surface area contributed by atoms with Gasteiger partial charge in [0.1, 0.15) is 11.8 Å².